The Bertz CT molecular complexity index is 1410. The largest absolute Gasteiger partial charge is 0.388 e. The van der Waals surface area contributed by atoms with Crippen molar-refractivity contribution in [2.45, 2.75) is 56.5 Å². The van der Waals surface area contributed by atoms with E-state index in [0.717, 1.165) is 32.4 Å². The summed E-state index contributed by atoms with van der Waals surface area (Å²) in [5.41, 5.74) is 5.16. The van der Waals surface area contributed by atoms with E-state index in [-0.39, 0.29) is 23.3 Å². The molecule has 0 radical (unpaired) electrons. The standard InChI is InChI=1S/C35H40N2O3/c1-2-17-37-22-35(38)19-29-28(35)18-31(37)32-27-15-9-10-16-30(27)36-33(32)34(29,23-39-20-25-11-5-3-6-12-25)24-40-21-26-13-7-4-8-14-26/h3-16,28-29,31,36,38H,2,17-24H2,1H3. The van der Waals surface area contributed by atoms with Crippen LogP contribution in [0.4, 0.5) is 0 Å². The van der Waals surface area contributed by atoms with Gasteiger partial charge in [-0.25, -0.2) is 0 Å². The average Bonchev–Trinajstić information content (AvgIpc) is 3.34. The third-order valence-corrected chi connectivity index (χ3v) is 9.88. The number of aromatic nitrogens is 1. The highest BCUT2D eigenvalue weighted by atomic mass is 16.5. The van der Waals surface area contributed by atoms with E-state index in [0.29, 0.717) is 26.4 Å². The fraction of sp³-hybridized carbons (Fsp3) is 0.429. The Kier molecular flexibility index (Phi) is 6.79. The number of aliphatic hydroxyl groups is 1. The van der Waals surface area contributed by atoms with Crippen LogP contribution in [0, 0.1) is 11.8 Å². The van der Waals surface area contributed by atoms with Gasteiger partial charge >= 0.3 is 0 Å². The van der Waals surface area contributed by atoms with Crippen LogP contribution in [0.2, 0.25) is 0 Å². The number of β-amino-alcohol motifs (C(OH)–C–C–N with tert-alkyl or cyclic N) is 1. The van der Waals surface area contributed by atoms with Crippen molar-refractivity contribution < 1.29 is 14.6 Å². The summed E-state index contributed by atoms with van der Waals surface area (Å²) in [4.78, 5) is 6.47. The Morgan fingerprint density at radius 1 is 0.850 bits per heavy atom. The molecule has 5 heteroatoms. The molecule has 0 amide bonds. The molecule has 4 aromatic rings. The van der Waals surface area contributed by atoms with Gasteiger partial charge in [0, 0.05) is 29.2 Å². The minimum Gasteiger partial charge on any atom is -0.388 e. The highest BCUT2D eigenvalue weighted by molar-refractivity contribution is 5.86. The maximum absolute atomic E-state index is 11.9. The van der Waals surface area contributed by atoms with Crippen molar-refractivity contribution in [1.29, 1.82) is 0 Å². The molecule has 5 nitrogen and oxygen atoms in total. The van der Waals surface area contributed by atoms with E-state index in [4.69, 9.17) is 9.47 Å². The van der Waals surface area contributed by atoms with Crippen molar-refractivity contribution in [3.05, 3.63) is 107 Å². The van der Waals surface area contributed by atoms with Crippen LogP contribution >= 0.6 is 0 Å². The van der Waals surface area contributed by atoms with Gasteiger partial charge in [-0.2, -0.15) is 0 Å². The van der Waals surface area contributed by atoms with E-state index < -0.39 is 5.60 Å². The van der Waals surface area contributed by atoms with Crippen molar-refractivity contribution in [1.82, 2.24) is 9.88 Å². The SMILES string of the molecule is CCCN1CC2(O)CC3C2CC1c1c([nH]c2ccccc12)C3(COCc1ccccc1)COCc1ccccc1. The third-order valence-electron chi connectivity index (χ3n) is 9.88. The zero-order chi connectivity index (χ0) is 27.2. The number of nitrogens with one attached hydrogen (secondary N) is 1. The molecule has 2 bridgehead atoms. The molecule has 4 unspecified atom stereocenters. The van der Waals surface area contributed by atoms with Crippen molar-refractivity contribution in [3.63, 3.8) is 0 Å². The number of H-pyrrole nitrogens is 1. The molecule has 40 heavy (non-hydrogen) atoms. The van der Waals surface area contributed by atoms with Gasteiger partial charge in [-0.05, 0) is 60.4 Å². The van der Waals surface area contributed by atoms with Crippen LogP contribution in [-0.4, -0.2) is 46.9 Å². The maximum atomic E-state index is 11.9. The van der Waals surface area contributed by atoms with Gasteiger partial charge in [0.25, 0.3) is 0 Å². The molecule has 2 aliphatic carbocycles. The summed E-state index contributed by atoms with van der Waals surface area (Å²) in [6, 6.07) is 29.9. The molecule has 2 N–H and O–H groups in total. The van der Waals surface area contributed by atoms with Crippen LogP contribution in [-0.2, 0) is 28.1 Å². The van der Waals surface area contributed by atoms with Crippen molar-refractivity contribution in [2.75, 3.05) is 26.3 Å². The number of nitrogens with zero attached hydrogens (tertiary/aromatic N) is 1. The second-order valence-corrected chi connectivity index (χ2v) is 12.3. The van der Waals surface area contributed by atoms with Crippen molar-refractivity contribution in [2.24, 2.45) is 11.8 Å². The van der Waals surface area contributed by atoms with E-state index in [9.17, 15) is 5.11 Å². The van der Waals surface area contributed by atoms with Gasteiger partial charge in [-0.1, -0.05) is 85.8 Å². The topological polar surface area (TPSA) is 57.7 Å². The van der Waals surface area contributed by atoms with Crippen LogP contribution < -0.4 is 0 Å². The van der Waals surface area contributed by atoms with Gasteiger partial charge < -0.3 is 19.6 Å². The Balaban J connectivity index is 1.32. The lowest BCUT2D eigenvalue weighted by molar-refractivity contribution is -0.216. The molecule has 1 aliphatic heterocycles. The zero-order valence-corrected chi connectivity index (χ0v) is 23.4. The van der Waals surface area contributed by atoms with Gasteiger partial charge in [-0.3, -0.25) is 4.90 Å². The monoisotopic (exact) mass is 536 g/mol. The van der Waals surface area contributed by atoms with E-state index in [2.05, 4.69) is 89.6 Å². The van der Waals surface area contributed by atoms with Gasteiger partial charge in [0.2, 0.25) is 0 Å². The fourth-order valence-corrected chi connectivity index (χ4v) is 8.05. The average molecular weight is 537 g/mol. The second-order valence-electron chi connectivity index (χ2n) is 12.3. The van der Waals surface area contributed by atoms with E-state index in [1.54, 1.807) is 0 Å². The number of rotatable bonds is 10. The minimum absolute atomic E-state index is 0.228. The van der Waals surface area contributed by atoms with E-state index in [1.165, 1.54) is 33.3 Å². The lowest BCUT2D eigenvalue weighted by Gasteiger charge is -2.61. The third kappa shape index (κ3) is 4.31. The van der Waals surface area contributed by atoms with Crippen LogP contribution in [0.1, 0.15) is 54.6 Å². The summed E-state index contributed by atoms with van der Waals surface area (Å²) in [5, 5.41) is 13.2. The smallest absolute Gasteiger partial charge is 0.0809 e. The van der Waals surface area contributed by atoms with Crippen LogP contribution in [0.5, 0.6) is 0 Å². The van der Waals surface area contributed by atoms with E-state index in [1.807, 2.05) is 12.1 Å². The lowest BCUT2D eigenvalue weighted by atomic mass is 9.50. The number of benzene rings is 3. The number of hydrogen-bond donors (Lipinski definition) is 2. The first-order chi connectivity index (χ1) is 19.6. The molecule has 3 aromatic carbocycles. The van der Waals surface area contributed by atoms with Gasteiger partial charge in [0.15, 0.2) is 0 Å². The summed E-state index contributed by atoms with van der Waals surface area (Å²) in [7, 11) is 0. The molecule has 7 rings (SSSR count). The summed E-state index contributed by atoms with van der Waals surface area (Å²) in [6.07, 6.45) is 2.84. The molecule has 4 atom stereocenters. The Hall–Kier alpha value is -2.96. The summed E-state index contributed by atoms with van der Waals surface area (Å²) in [6.45, 7) is 6.20. The molecular weight excluding hydrogens is 496 g/mol. The summed E-state index contributed by atoms with van der Waals surface area (Å²) >= 11 is 0. The van der Waals surface area contributed by atoms with Crippen LogP contribution in [0.3, 0.4) is 0 Å². The molecular formula is C35H40N2O3. The fourth-order valence-electron chi connectivity index (χ4n) is 8.05. The number of likely N-dealkylation sites (tertiary alicyclic amines) is 1. The molecule has 208 valence electrons. The van der Waals surface area contributed by atoms with Crippen LogP contribution in [0.15, 0.2) is 84.9 Å². The number of hydrogen-bond acceptors (Lipinski definition) is 4. The predicted octanol–water partition coefficient (Wildman–Crippen LogP) is 6.38. The molecule has 0 spiro atoms. The number of ether oxygens (including phenoxy) is 2. The molecule has 2 heterocycles. The maximum Gasteiger partial charge on any atom is 0.0809 e. The number of para-hydroxylation sites is 1. The Morgan fingerprint density at radius 3 is 2.12 bits per heavy atom. The molecule has 1 aromatic heterocycles. The molecule has 1 saturated heterocycles. The second kappa shape index (κ2) is 10.5. The summed E-state index contributed by atoms with van der Waals surface area (Å²) < 4.78 is 13.3. The lowest BCUT2D eigenvalue weighted by Crippen LogP contribution is -2.68. The molecule has 1 saturated carbocycles. The molecule has 3 aliphatic rings. The summed E-state index contributed by atoms with van der Waals surface area (Å²) in [5.74, 6) is 0.510. The number of piperidine rings is 1. The quantitative estimate of drug-likeness (QED) is 0.247. The number of fused-ring (bicyclic) bond motifs is 5. The van der Waals surface area contributed by atoms with Crippen molar-refractivity contribution in [3.8, 4) is 0 Å². The predicted molar refractivity (Wildman–Crippen MR) is 158 cm³/mol. The zero-order valence-electron chi connectivity index (χ0n) is 23.4. The highest BCUT2D eigenvalue weighted by Gasteiger charge is 2.66. The van der Waals surface area contributed by atoms with Gasteiger partial charge in [0.1, 0.15) is 0 Å². The highest BCUT2D eigenvalue weighted by Crippen LogP contribution is 2.64. The first kappa shape index (κ1) is 26.0. The van der Waals surface area contributed by atoms with Gasteiger partial charge in [-0.15, -0.1) is 0 Å². The van der Waals surface area contributed by atoms with Crippen LogP contribution in [0.25, 0.3) is 10.9 Å². The van der Waals surface area contributed by atoms with Gasteiger partial charge in [0.05, 0.1) is 37.4 Å². The molecule has 2 fully saturated rings. The van der Waals surface area contributed by atoms with E-state index >= 15 is 0 Å². The normalized spacial score (nSPS) is 26.7. The first-order valence-corrected chi connectivity index (χ1v) is 14.9. The Morgan fingerprint density at radius 2 is 1.48 bits per heavy atom. The Labute approximate surface area is 237 Å². The van der Waals surface area contributed by atoms with Crippen molar-refractivity contribution >= 4 is 10.9 Å². The first-order valence-electron chi connectivity index (χ1n) is 14.9. The number of aromatic amines is 1. The minimum atomic E-state index is -0.639.